The van der Waals surface area contributed by atoms with E-state index in [9.17, 15) is 10.1 Å². The van der Waals surface area contributed by atoms with Crippen LogP contribution in [-0.4, -0.2) is 36.1 Å². The molecule has 0 radical (unpaired) electrons. The van der Waals surface area contributed by atoms with Crippen molar-refractivity contribution in [1.29, 1.82) is 0 Å². The van der Waals surface area contributed by atoms with E-state index in [4.69, 9.17) is 4.74 Å². The molecule has 1 heterocycles. The van der Waals surface area contributed by atoms with Gasteiger partial charge in [0.05, 0.1) is 4.92 Å². The molecule has 5 heteroatoms. The molecule has 0 aliphatic carbocycles. The number of hydrogen-bond acceptors (Lipinski definition) is 4. The lowest BCUT2D eigenvalue weighted by Crippen LogP contribution is -2.35. The van der Waals surface area contributed by atoms with Gasteiger partial charge < -0.3 is 9.64 Å². The molecule has 17 heavy (non-hydrogen) atoms. The van der Waals surface area contributed by atoms with Gasteiger partial charge in [0.1, 0.15) is 6.10 Å². The van der Waals surface area contributed by atoms with E-state index in [1.54, 1.807) is 18.2 Å². The lowest BCUT2D eigenvalue weighted by Gasteiger charge is -2.29. The maximum absolute atomic E-state index is 10.8. The highest BCUT2D eigenvalue weighted by Crippen LogP contribution is 2.28. The molecule has 1 aromatic carbocycles. The molecule has 2 rings (SSSR count). The van der Waals surface area contributed by atoms with Gasteiger partial charge in [0, 0.05) is 19.2 Å². The quantitative estimate of drug-likeness (QED) is 0.595. The van der Waals surface area contributed by atoms with Crippen molar-refractivity contribution in [2.45, 2.75) is 18.9 Å². The number of hydrogen-bond donors (Lipinski definition) is 0. The maximum atomic E-state index is 10.8. The fourth-order valence-corrected chi connectivity index (χ4v) is 1.99. The molecule has 1 aliphatic heterocycles. The van der Waals surface area contributed by atoms with Crippen molar-refractivity contribution in [2.75, 3.05) is 20.1 Å². The van der Waals surface area contributed by atoms with E-state index >= 15 is 0 Å². The number of benzene rings is 1. The molecule has 0 amide bonds. The first-order valence-electron chi connectivity index (χ1n) is 5.75. The van der Waals surface area contributed by atoms with Crippen molar-refractivity contribution in [3.63, 3.8) is 0 Å². The van der Waals surface area contributed by atoms with Crippen LogP contribution >= 0.6 is 0 Å². The van der Waals surface area contributed by atoms with Crippen molar-refractivity contribution >= 4 is 5.69 Å². The molecular weight excluding hydrogens is 220 g/mol. The first-order valence-corrected chi connectivity index (χ1v) is 5.75. The van der Waals surface area contributed by atoms with Crippen molar-refractivity contribution in [3.8, 4) is 5.75 Å². The van der Waals surface area contributed by atoms with Gasteiger partial charge in [0.2, 0.25) is 0 Å². The summed E-state index contributed by atoms with van der Waals surface area (Å²) in [4.78, 5) is 12.7. The van der Waals surface area contributed by atoms with Crippen LogP contribution in [0.2, 0.25) is 0 Å². The van der Waals surface area contributed by atoms with Gasteiger partial charge in [-0.05, 0) is 26.0 Å². The highest BCUT2D eigenvalue weighted by Gasteiger charge is 2.21. The van der Waals surface area contributed by atoms with Crippen LogP contribution in [0, 0.1) is 10.1 Å². The van der Waals surface area contributed by atoms with E-state index in [0.29, 0.717) is 5.75 Å². The average Bonchev–Trinajstić information content (AvgIpc) is 2.32. The molecule has 0 spiro atoms. The van der Waals surface area contributed by atoms with Crippen molar-refractivity contribution < 1.29 is 9.66 Å². The molecule has 1 aromatic rings. The first-order chi connectivity index (χ1) is 8.16. The molecule has 1 aliphatic rings. The second-order valence-corrected chi connectivity index (χ2v) is 4.35. The van der Waals surface area contributed by atoms with E-state index in [1.165, 1.54) is 6.07 Å². The highest BCUT2D eigenvalue weighted by molar-refractivity contribution is 5.45. The monoisotopic (exact) mass is 236 g/mol. The predicted molar refractivity (Wildman–Crippen MR) is 64.2 cm³/mol. The predicted octanol–water partition coefficient (Wildman–Crippen LogP) is 2.07. The van der Waals surface area contributed by atoms with Crippen molar-refractivity contribution in [2.24, 2.45) is 0 Å². The van der Waals surface area contributed by atoms with Crippen LogP contribution < -0.4 is 4.74 Å². The summed E-state index contributed by atoms with van der Waals surface area (Å²) in [6, 6.07) is 6.55. The van der Waals surface area contributed by atoms with Crippen LogP contribution in [0.5, 0.6) is 5.75 Å². The molecular formula is C12H16N2O3. The third-order valence-electron chi connectivity index (χ3n) is 3.02. The second kappa shape index (κ2) is 5.14. The number of ether oxygens (including phenoxy) is 1. The first kappa shape index (κ1) is 11.9. The summed E-state index contributed by atoms with van der Waals surface area (Å²) in [6.07, 6.45) is 1.93. The summed E-state index contributed by atoms with van der Waals surface area (Å²) in [5.74, 6) is 0.382. The summed E-state index contributed by atoms with van der Waals surface area (Å²) in [7, 11) is 2.07. The van der Waals surface area contributed by atoms with E-state index in [1.807, 2.05) is 0 Å². The fraction of sp³-hybridized carbons (Fsp3) is 0.500. The zero-order valence-electron chi connectivity index (χ0n) is 9.83. The number of nitro benzene ring substituents is 1. The lowest BCUT2D eigenvalue weighted by atomic mass is 10.1. The molecule has 5 nitrogen and oxygen atoms in total. The Morgan fingerprint density at radius 2 is 2.00 bits per heavy atom. The highest BCUT2D eigenvalue weighted by atomic mass is 16.6. The smallest absolute Gasteiger partial charge is 0.310 e. The van der Waals surface area contributed by atoms with Crippen LogP contribution in [-0.2, 0) is 0 Å². The number of nitro groups is 1. The van der Waals surface area contributed by atoms with Crippen molar-refractivity contribution in [1.82, 2.24) is 4.90 Å². The summed E-state index contributed by atoms with van der Waals surface area (Å²) in [6.45, 7) is 1.95. The summed E-state index contributed by atoms with van der Waals surface area (Å²) < 4.78 is 5.73. The topological polar surface area (TPSA) is 55.6 Å². The van der Waals surface area contributed by atoms with Gasteiger partial charge in [-0.1, -0.05) is 12.1 Å². The van der Waals surface area contributed by atoms with Gasteiger partial charge in [-0.25, -0.2) is 0 Å². The van der Waals surface area contributed by atoms with Gasteiger partial charge in [0.15, 0.2) is 5.75 Å². The molecule has 0 N–H and O–H groups in total. The van der Waals surface area contributed by atoms with Gasteiger partial charge in [-0.15, -0.1) is 0 Å². The fourth-order valence-electron chi connectivity index (χ4n) is 1.99. The molecule has 0 bridgehead atoms. The molecule has 1 saturated heterocycles. The summed E-state index contributed by atoms with van der Waals surface area (Å²) in [5, 5.41) is 10.8. The number of nitrogens with zero attached hydrogens (tertiary/aromatic N) is 2. The zero-order valence-corrected chi connectivity index (χ0v) is 9.83. The standard InChI is InChI=1S/C12H16N2O3/c1-13-8-6-10(7-9-13)17-12-5-3-2-4-11(12)14(15)16/h2-5,10H,6-9H2,1H3. The Morgan fingerprint density at radius 1 is 1.35 bits per heavy atom. The van der Waals surface area contributed by atoms with Gasteiger partial charge in [0.25, 0.3) is 0 Å². The molecule has 1 fully saturated rings. The minimum Gasteiger partial charge on any atom is -0.483 e. The van der Waals surface area contributed by atoms with Crippen LogP contribution in [0.25, 0.3) is 0 Å². The summed E-state index contributed by atoms with van der Waals surface area (Å²) in [5.41, 5.74) is 0.0476. The second-order valence-electron chi connectivity index (χ2n) is 4.35. The third kappa shape index (κ3) is 2.94. The Balaban J connectivity index is 2.05. The van der Waals surface area contributed by atoms with E-state index in [2.05, 4.69) is 11.9 Å². The van der Waals surface area contributed by atoms with Crippen LogP contribution in [0.4, 0.5) is 5.69 Å². The number of rotatable bonds is 3. The van der Waals surface area contributed by atoms with Crippen LogP contribution in [0.15, 0.2) is 24.3 Å². The molecule has 0 saturated carbocycles. The van der Waals surface area contributed by atoms with E-state index in [0.717, 1.165) is 25.9 Å². The number of para-hydroxylation sites is 2. The Hall–Kier alpha value is -1.62. The Morgan fingerprint density at radius 3 is 2.65 bits per heavy atom. The van der Waals surface area contributed by atoms with E-state index in [-0.39, 0.29) is 11.8 Å². The van der Waals surface area contributed by atoms with Gasteiger partial charge >= 0.3 is 5.69 Å². The largest absolute Gasteiger partial charge is 0.483 e. The normalized spacial score (nSPS) is 17.9. The van der Waals surface area contributed by atoms with Gasteiger partial charge in [-0.3, -0.25) is 10.1 Å². The maximum Gasteiger partial charge on any atom is 0.310 e. The number of likely N-dealkylation sites (tertiary alicyclic amines) is 1. The van der Waals surface area contributed by atoms with Crippen LogP contribution in [0.1, 0.15) is 12.8 Å². The lowest BCUT2D eigenvalue weighted by molar-refractivity contribution is -0.386. The molecule has 0 aromatic heterocycles. The Labute approximate surface area is 100 Å². The van der Waals surface area contributed by atoms with Crippen LogP contribution in [0.3, 0.4) is 0 Å². The van der Waals surface area contributed by atoms with Crippen molar-refractivity contribution in [3.05, 3.63) is 34.4 Å². The minimum absolute atomic E-state index is 0.0476. The Bertz CT molecular complexity index is 400. The third-order valence-corrected chi connectivity index (χ3v) is 3.02. The molecule has 0 unspecified atom stereocenters. The molecule has 0 atom stereocenters. The SMILES string of the molecule is CN1CCC(Oc2ccccc2[N+](=O)[O-])CC1. The van der Waals surface area contributed by atoms with Gasteiger partial charge in [-0.2, -0.15) is 0 Å². The zero-order chi connectivity index (χ0) is 12.3. The Kier molecular flexibility index (Phi) is 3.58. The number of piperidine rings is 1. The minimum atomic E-state index is -0.399. The van der Waals surface area contributed by atoms with E-state index < -0.39 is 4.92 Å². The average molecular weight is 236 g/mol. The summed E-state index contributed by atoms with van der Waals surface area (Å²) >= 11 is 0. The molecule has 92 valence electrons.